The topological polar surface area (TPSA) is 33.3 Å². The van der Waals surface area contributed by atoms with Crippen LogP contribution in [0.5, 0.6) is 5.75 Å². The highest BCUT2D eigenvalue weighted by molar-refractivity contribution is 5.58. The molecule has 3 nitrogen and oxygen atoms in total. The third-order valence-corrected chi connectivity index (χ3v) is 2.57. The second-order valence-corrected chi connectivity index (χ2v) is 3.79. The Balaban J connectivity index is 2.22. The zero-order chi connectivity index (χ0) is 10.8. The maximum absolute atomic E-state index is 13.0. The smallest absolute Gasteiger partial charge is 0.143 e. The van der Waals surface area contributed by atoms with Gasteiger partial charge in [0.05, 0.1) is 11.7 Å². The van der Waals surface area contributed by atoms with Crippen LogP contribution in [0.15, 0.2) is 18.2 Å². The van der Waals surface area contributed by atoms with Crippen LogP contribution >= 0.6 is 0 Å². The minimum atomic E-state index is -0.246. The second kappa shape index (κ2) is 4.06. The van der Waals surface area contributed by atoms with Crippen LogP contribution in [0.1, 0.15) is 6.92 Å². The molecule has 1 heterocycles. The summed E-state index contributed by atoms with van der Waals surface area (Å²) < 4.78 is 18.7. The van der Waals surface area contributed by atoms with Crippen molar-refractivity contribution >= 4 is 5.69 Å². The summed E-state index contributed by atoms with van der Waals surface area (Å²) in [4.78, 5) is 0. The van der Waals surface area contributed by atoms with E-state index in [0.29, 0.717) is 0 Å². The van der Waals surface area contributed by atoms with Crippen LogP contribution < -0.4 is 15.4 Å². The molecule has 2 N–H and O–H groups in total. The summed E-state index contributed by atoms with van der Waals surface area (Å²) in [6.07, 6.45) is 0.0768. The van der Waals surface area contributed by atoms with Crippen molar-refractivity contribution in [1.29, 1.82) is 0 Å². The normalized spacial score (nSPS) is 23.9. The second-order valence-electron chi connectivity index (χ2n) is 3.79. The molecule has 82 valence electrons. The van der Waals surface area contributed by atoms with Gasteiger partial charge < -0.3 is 15.4 Å². The first kappa shape index (κ1) is 10.2. The number of nitrogens with one attached hydrogen (secondary N) is 2. The number of halogens is 1. The Morgan fingerprint density at radius 3 is 3.07 bits per heavy atom. The molecule has 2 rings (SSSR count). The van der Waals surface area contributed by atoms with E-state index in [4.69, 9.17) is 4.74 Å². The fourth-order valence-electron chi connectivity index (χ4n) is 1.74. The summed E-state index contributed by atoms with van der Waals surface area (Å²) in [5, 5.41) is 6.30. The first-order valence-corrected chi connectivity index (χ1v) is 5.08. The lowest BCUT2D eigenvalue weighted by molar-refractivity contribution is 0.174. The van der Waals surface area contributed by atoms with E-state index in [1.165, 1.54) is 12.1 Å². The summed E-state index contributed by atoms with van der Waals surface area (Å²) in [6.45, 7) is 2.79. The van der Waals surface area contributed by atoms with Gasteiger partial charge in [0.25, 0.3) is 0 Å². The van der Waals surface area contributed by atoms with E-state index in [1.54, 1.807) is 6.07 Å². The molecule has 2 unspecified atom stereocenters. The van der Waals surface area contributed by atoms with Crippen LogP contribution in [0, 0.1) is 5.82 Å². The molecule has 0 saturated carbocycles. The number of anilines is 1. The molecule has 0 spiro atoms. The van der Waals surface area contributed by atoms with Crippen LogP contribution in [0.2, 0.25) is 0 Å². The summed E-state index contributed by atoms with van der Waals surface area (Å²) in [5.41, 5.74) is 0.731. The molecule has 0 bridgehead atoms. The Kier molecular flexibility index (Phi) is 2.77. The third kappa shape index (κ3) is 2.04. The summed E-state index contributed by atoms with van der Waals surface area (Å²) in [5.74, 6) is 0.471. The zero-order valence-corrected chi connectivity index (χ0v) is 8.88. The summed E-state index contributed by atoms with van der Waals surface area (Å²) in [6, 6.07) is 4.70. The average molecular weight is 210 g/mol. The van der Waals surface area contributed by atoms with Crippen molar-refractivity contribution in [1.82, 2.24) is 5.32 Å². The largest absolute Gasteiger partial charge is 0.485 e. The van der Waals surface area contributed by atoms with Crippen molar-refractivity contribution in [2.75, 3.05) is 18.9 Å². The minimum Gasteiger partial charge on any atom is -0.485 e. The molecule has 0 fully saturated rings. The maximum atomic E-state index is 13.0. The first-order chi connectivity index (χ1) is 7.20. The van der Waals surface area contributed by atoms with Gasteiger partial charge in [0, 0.05) is 12.6 Å². The molecule has 15 heavy (non-hydrogen) atoms. The molecule has 0 aromatic heterocycles. The molecule has 0 saturated heterocycles. The highest BCUT2D eigenvalue weighted by atomic mass is 19.1. The number of benzene rings is 1. The molecule has 2 atom stereocenters. The predicted molar refractivity (Wildman–Crippen MR) is 57.8 cm³/mol. The molecule has 0 amide bonds. The van der Waals surface area contributed by atoms with Crippen molar-refractivity contribution in [2.24, 2.45) is 0 Å². The van der Waals surface area contributed by atoms with Gasteiger partial charge >= 0.3 is 0 Å². The van der Waals surface area contributed by atoms with Gasteiger partial charge in [-0.05, 0) is 26.1 Å². The lowest BCUT2D eigenvalue weighted by Gasteiger charge is -2.32. The number of rotatable bonds is 2. The maximum Gasteiger partial charge on any atom is 0.143 e. The molecule has 1 aliphatic heterocycles. The quantitative estimate of drug-likeness (QED) is 0.778. The van der Waals surface area contributed by atoms with E-state index in [-0.39, 0.29) is 18.0 Å². The van der Waals surface area contributed by atoms with Crippen LogP contribution in [0.3, 0.4) is 0 Å². The Morgan fingerprint density at radius 2 is 2.33 bits per heavy atom. The fourth-order valence-corrected chi connectivity index (χ4v) is 1.74. The van der Waals surface area contributed by atoms with Crippen LogP contribution in [0.4, 0.5) is 10.1 Å². The third-order valence-electron chi connectivity index (χ3n) is 2.57. The van der Waals surface area contributed by atoms with Crippen molar-refractivity contribution < 1.29 is 9.13 Å². The number of likely N-dealkylation sites (N-methyl/N-ethyl adjacent to an activating group) is 1. The number of hydrogen-bond acceptors (Lipinski definition) is 3. The number of ether oxygens (including phenoxy) is 1. The molecule has 4 heteroatoms. The monoisotopic (exact) mass is 210 g/mol. The molecule has 0 aliphatic carbocycles. The Morgan fingerprint density at radius 1 is 1.53 bits per heavy atom. The van der Waals surface area contributed by atoms with Gasteiger partial charge in [-0.2, -0.15) is 0 Å². The molecular formula is C11H15FN2O. The Labute approximate surface area is 88.6 Å². The minimum absolute atomic E-state index is 0.0768. The van der Waals surface area contributed by atoms with Gasteiger partial charge in [-0.15, -0.1) is 0 Å². The Hall–Kier alpha value is -1.29. The van der Waals surface area contributed by atoms with Gasteiger partial charge in [0.2, 0.25) is 0 Å². The van der Waals surface area contributed by atoms with Crippen molar-refractivity contribution in [3.63, 3.8) is 0 Å². The number of fused-ring (bicyclic) bond motifs is 1. The van der Waals surface area contributed by atoms with Crippen LogP contribution in [-0.4, -0.2) is 25.7 Å². The van der Waals surface area contributed by atoms with E-state index in [2.05, 4.69) is 10.6 Å². The van der Waals surface area contributed by atoms with E-state index in [9.17, 15) is 4.39 Å². The molecule has 1 aromatic rings. The SMILES string of the molecule is CNCC1Oc2ccc(F)cc2NC1C. The summed E-state index contributed by atoms with van der Waals surface area (Å²) >= 11 is 0. The molecular weight excluding hydrogens is 195 g/mol. The molecule has 1 aromatic carbocycles. The van der Waals surface area contributed by atoms with E-state index in [0.717, 1.165) is 18.0 Å². The van der Waals surface area contributed by atoms with Crippen molar-refractivity contribution in [3.05, 3.63) is 24.0 Å². The zero-order valence-electron chi connectivity index (χ0n) is 8.88. The van der Waals surface area contributed by atoms with Gasteiger partial charge in [-0.3, -0.25) is 0 Å². The van der Waals surface area contributed by atoms with E-state index >= 15 is 0 Å². The standard InChI is InChI=1S/C11H15FN2O/c1-7-11(6-13-2)15-10-4-3-8(12)5-9(10)14-7/h3-5,7,11,13-14H,6H2,1-2H3. The van der Waals surface area contributed by atoms with Gasteiger partial charge in [0.1, 0.15) is 17.7 Å². The van der Waals surface area contributed by atoms with Gasteiger partial charge in [-0.1, -0.05) is 0 Å². The van der Waals surface area contributed by atoms with E-state index < -0.39 is 0 Å². The van der Waals surface area contributed by atoms with E-state index in [1.807, 2.05) is 14.0 Å². The van der Waals surface area contributed by atoms with Crippen LogP contribution in [-0.2, 0) is 0 Å². The highest BCUT2D eigenvalue weighted by Gasteiger charge is 2.25. The highest BCUT2D eigenvalue weighted by Crippen LogP contribution is 2.31. The predicted octanol–water partition coefficient (Wildman–Crippen LogP) is 1.61. The van der Waals surface area contributed by atoms with Crippen molar-refractivity contribution in [3.8, 4) is 5.75 Å². The Bertz CT molecular complexity index is 356. The fraction of sp³-hybridized carbons (Fsp3) is 0.455. The van der Waals surface area contributed by atoms with Gasteiger partial charge in [-0.25, -0.2) is 4.39 Å². The average Bonchev–Trinajstić information content (AvgIpc) is 2.20. The van der Waals surface area contributed by atoms with Crippen LogP contribution in [0.25, 0.3) is 0 Å². The lowest BCUT2D eigenvalue weighted by Crippen LogP contribution is -2.45. The van der Waals surface area contributed by atoms with Crippen molar-refractivity contribution in [2.45, 2.75) is 19.1 Å². The number of hydrogen-bond donors (Lipinski definition) is 2. The molecule has 1 aliphatic rings. The van der Waals surface area contributed by atoms with Gasteiger partial charge in [0.15, 0.2) is 0 Å². The lowest BCUT2D eigenvalue weighted by atomic mass is 10.1. The molecule has 0 radical (unpaired) electrons. The first-order valence-electron chi connectivity index (χ1n) is 5.08. The summed E-state index contributed by atoms with van der Waals surface area (Å²) in [7, 11) is 1.89.